The van der Waals surface area contributed by atoms with Gasteiger partial charge in [0.25, 0.3) is 0 Å². The predicted octanol–water partition coefficient (Wildman–Crippen LogP) is 5.25. The normalized spacial score (nSPS) is 13.8. The van der Waals surface area contributed by atoms with Gasteiger partial charge in [0.2, 0.25) is 0 Å². The molecule has 2 aromatic carbocycles. The number of benzene rings is 2. The van der Waals surface area contributed by atoms with E-state index in [1.165, 1.54) is 6.20 Å². The van der Waals surface area contributed by atoms with Crippen molar-refractivity contribution >= 4 is 33.8 Å². The van der Waals surface area contributed by atoms with Crippen LogP contribution in [0.15, 0.2) is 69.1 Å². The molecule has 1 aliphatic rings. The Morgan fingerprint density at radius 2 is 1.54 bits per heavy atom. The minimum Gasteiger partial charge on any atom is -0.443 e. The van der Waals surface area contributed by atoms with Crippen LogP contribution < -0.4 is 16.4 Å². The van der Waals surface area contributed by atoms with Crippen molar-refractivity contribution < 1.29 is 32.0 Å². The molecule has 15 heteroatoms. The second kappa shape index (κ2) is 12.7. The summed E-state index contributed by atoms with van der Waals surface area (Å²) in [6.07, 6.45) is -0.346. The number of aliphatic imine (C=N–C) groups is 1. The van der Waals surface area contributed by atoms with Gasteiger partial charge in [-0.3, -0.25) is 0 Å². The lowest BCUT2D eigenvalue weighted by Gasteiger charge is -2.28. The van der Waals surface area contributed by atoms with Gasteiger partial charge >= 0.3 is 12.2 Å². The van der Waals surface area contributed by atoms with Crippen molar-refractivity contribution in [3.05, 3.63) is 65.9 Å². The molecule has 0 bridgehead atoms. The van der Waals surface area contributed by atoms with Gasteiger partial charge in [-0.2, -0.15) is 4.90 Å². The number of amides is 2. The molecule has 2 amide bonds. The topological polar surface area (TPSA) is 206 Å². The zero-order chi connectivity index (χ0) is 35.0. The molecule has 3 heterocycles. The first-order valence-electron chi connectivity index (χ1n) is 15.0. The van der Waals surface area contributed by atoms with Crippen LogP contribution in [0.3, 0.4) is 0 Å². The average Bonchev–Trinajstić information content (AvgIpc) is 3.59. The van der Waals surface area contributed by atoms with Crippen LogP contribution in [0.4, 0.5) is 15.4 Å². The molecule has 1 aliphatic heterocycles. The minimum atomic E-state index is -3.34. The lowest BCUT2D eigenvalue weighted by atomic mass is 10.1. The second-order valence-electron chi connectivity index (χ2n) is 13.1. The molecule has 5 rings (SSSR count). The number of nitrogens with two attached hydrogens (primary N) is 2. The average molecular weight is 676 g/mol. The molecule has 14 nitrogen and oxygen atoms in total. The van der Waals surface area contributed by atoms with Crippen LogP contribution in [0.2, 0.25) is 0 Å². The maximum atomic E-state index is 13.6. The second-order valence-corrected chi connectivity index (χ2v) is 15.2. The Morgan fingerprint density at radius 3 is 2.15 bits per heavy atom. The lowest BCUT2D eigenvalue weighted by molar-refractivity contribution is 0.0429. The number of rotatable bonds is 6. The van der Waals surface area contributed by atoms with Gasteiger partial charge in [0.05, 0.1) is 29.1 Å². The third-order valence-electron chi connectivity index (χ3n) is 6.89. The summed E-state index contributed by atoms with van der Waals surface area (Å²) in [5.74, 6) is -0.129. The number of ether oxygens (including phenoxy) is 2. The number of aryl methyl sites for hydroxylation is 1. The molecule has 0 spiro atoms. The van der Waals surface area contributed by atoms with Crippen LogP contribution in [-0.2, 0) is 32.3 Å². The molecule has 0 fully saturated rings. The van der Waals surface area contributed by atoms with Gasteiger partial charge in [-0.15, -0.1) is 0 Å². The number of nitrogens with zero attached hydrogens (tertiary/aromatic N) is 5. The Kier molecular flexibility index (Phi) is 9.01. The Labute approximate surface area is 278 Å². The number of aromatic nitrogens is 3. The number of guanidine groups is 1. The summed E-state index contributed by atoms with van der Waals surface area (Å²) in [4.78, 5) is 41.4. The molecule has 0 radical (unpaired) electrons. The highest BCUT2D eigenvalue weighted by Gasteiger charge is 2.37. The molecule has 4 aromatic rings. The molecule has 0 aliphatic carbocycles. The van der Waals surface area contributed by atoms with Gasteiger partial charge in [0.15, 0.2) is 33.1 Å². The Bertz CT molecular complexity index is 1980. The number of anilines is 1. The maximum absolute atomic E-state index is 13.6. The largest absolute Gasteiger partial charge is 0.443 e. The smallest absolute Gasteiger partial charge is 0.425 e. The molecular weight excluding hydrogens is 638 g/mol. The highest BCUT2D eigenvalue weighted by molar-refractivity contribution is 7.91. The summed E-state index contributed by atoms with van der Waals surface area (Å²) in [6.45, 7) is 10.3. The molecule has 0 saturated carbocycles. The van der Waals surface area contributed by atoms with E-state index < -0.39 is 33.2 Å². The number of hydrogen-bond donors (Lipinski definition) is 2. The molecule has 0 unspecified atom stereocenters. The van der Waals surface area contributed by atoms with E-state index in [9.17, 15) is 18.0 Å². The van der Waals surface area contributed by atoms with Crippen LogP contribution in [0.5, 0.6) is 0 Å². The van der Waals surface area contributed by atoms with E-state index in [0.29, 0.717) is 45.9 Å². The Morgan fingerprint density at radius 1 is 0.917 bits per heavy atom. The summed E-state index contributed by atoms with van der Waals surface area (Å²) in [7, 11) is -3.34. The molecular formula is C33H37N7O7S. The standard InChI is InChI=1S/C33H37N7O7S/c1-32(2,3)45-30(41)40(31(42)46-33(4,5)6)28-27(25-16-23(39-47-25)20-9-7-19(8-10-20)17-37-29(34)35)38-24(18-36-28)21-11-12-26-22(15-21)13-14-48(26,43)44/h7-12,15-16,18H,13-14,17H2,1-6H3,(H4,34,35,37). The molecule has 2 aromatic heterocycles. The summed E-state index contributed by atoms with van der Waals surface area (Å²) in [6, 6.07) is 13.8. The van der Waals surface area contributed by atoms with E-state index in [1.807, 2.05) is 24.3 Å². The number of carbonyl (C=O) groups excluding carboxylic acids is 2. The van der Waals surface area contributed by atoms with Gasteiger partial charge in [-0.05, 0) is 71.2 Å². The van der Waals surface area contributed by atoms with Crippen LogP contribution in [0.1, 0.15) is 52.7 Å². The zero-order valence-corrected chi connectivity index (χ0v) is 28.3. The molecule has 0 saturated heterocycles. The van der Waals surface area contributed by atoms with Crippen LogP contribution >= 0.6 is 0 Å². The lowest BCUT2D eigenvalue weighted by Crippen LogP contribution is -2.44. The van der Waals surface area contributed by atoms with Gasteiger partial charge in [0, 0.05) is 17.2 Å². The van der Waals surface area contributed by atoms with Gasteiger partial charge in [-0.1, -0.05) is 35.5 Å². The van der Waals surface area contributed by atoms with E-state index in [-0.39, 0.29) is 33.9 Å². The fourth-order valence-corrected chi connectivity index (χ4v) is 6.34. The Hall–Kier alpha value is -5.31. The van der Waals surface area contributed by atoms with E-state index >= 15 is 0 Å². The van der Waals surface area contributed by atoms with E-state index in [0.717, 1.165) is 5.56 Å². The van der Waals surface area contributed by atoms with Crippen molar-refractivity contribution in [2.24, 2.45) is 16.5 Å². The van der Waals surface area contributed by atoms with Crippen LogP contribution in [0, 0.1) is 0 Å². The van der Waals surface area contributed by atoms with Crippen molar-refractivity contribution in [2.75, 3.05) is 10.7 Å². The fourth-order valence-electron chi connectivity index (χ4n) is 4.79. The monoisotopic (exact) mass is 675 g/mol. The molecule has 4 N–H and O–H groups in total. The fraction of sp³-hybridized carbons (Fsp3) is 0.333. The molecule has 0 atom stereocenters. The SMILES string of the molecule is CC(C)(C)OC(=O)N(C(=O)OC(C)(C)C)c1ncc(-c2ccc3c(c2)CCS3(=O)=O)nc1-c1cc(-c2ccc(CN=C(N)N)cc2)no1. The van der Waals surface area contributed by atoms with Crippen LogP contribution in [-0.4, -0.2) is 58.6 Å². The van der Waals surface area contributed by atoms with E-state index in [4.69, 9.17) is 30.4 Å². The first kappa shape index (κ1) is 34.0. The van der Waals surface area contributed by atoms with Crippen molar-refractivity contribution in [2.45, 2.75) is 70.6 Å². The summed E-state index contributed by atoms with van der Waals surface area (Å²) in [5, 5.41) is 4.21. The zero-order valence-electron chi connectivity index (χ0n) is 27.5. The summed E-state index contributed by atoms with van der Waals surface area (Å²) in [5.41, 5.74) is 12.5. The van der Waals surface area contributed by atoms with Crippen molar-refractivity contribution in [1.82, 2.24) is 15.1 Å². The third kappa shape index (κ3) is 7.79. The molecule has 48 heavy (non-hydrogen) atoms. The highest BCUT2D eigenvalue weighted by atomic mass is 32.2. The summed E-state index contributed by atoms with van der Waals surface area (Å²) >= 11 is 0. The van der Waals surface area contributed by atoms with Crippen molar-refractivity contribution in [3.63, 3.8) is 0 Å². The summed E-state index contributed by atoms with van der Waals surface area (Å²) < 4.78 is 41.7. The first-order chi connectivity index (χ1) is 22.4. The van der Waals surface area contributed by atoms with Crippen LogP contribution in [0.25, 0.3) is 34.0 Å². The van der Waals surface area contributed by atoms with E-state index in [1.54, 1.807) is 65.8 Å². The van der Waals surface area contributed by atoms with Gasteiger partial charge < -0.3 is 25.5 Å². The van der Waals surface area contributed by atoms with Gasteiger partial charge in [-0.25, -0.2) is 33.0 Å². The van der Waals surface area contributed by atoms with E-state index in [2.05, 4.69) is 15.1 Å². The third-order valence-corrected chi connectivity index (χ3v) is 8.70. The maximum Gasteiger partial charge on any atom is 0.425 e. The minimum absolute atomic E-state index is 0.0135. The predicted molar refractivity (Wildman–Crippen MR) is 179 cm³/mol. The highest BCUT2D eigenvalue weighted by Crippen LogP contribution is 2.36. The number of imide groups is 1. The number of fused-ring (bicyclic) bond motifs is 1. The first-order valence-corrected chi connectivity index (χ1v) is 16.7. The molecule has 252 valence electrons. The quantitative estimate of drug-likeness (QED) is 0.199. The number of carbonyl (C=O) groups is 2. The number of sulfone groups is 1. The van der Waals surface area contributed by atoms with Gasteiger partial charge in [0.1, 0.15) is 16.9 Å². The Balaban J connectivity index is 1.63. The van der Waals surface area contributed by atoms with Crippen molar-refractivity contribution in [1.29, 1.82) is 0 Å². The van der Waals surface area contributed by atoms with Crippen molar-refractivity contribution in [3.8, 4) is 34.0 Å². The number of hydrogen-bond acceptors (Lipinski definition) is 11.